The van der Waals surface area contributed by atoms with Crippen LogP contribution in [0.1, 0.15) is 54.9 Å². The van der Waals surface area contributed by atoms with Crippen molar-refractivity contribution in [3.8, 4) is 0 Å². The first-order valence-electron chi connectivity index (χ1n) is 9.48. The van der Waals surface area contributed by atoms with Crippen molar-refractivity contribution in [2.75, 3.05) is 13.2 Å². The van der Waals surface area contributed by atoms with E-state index in [9.17, 15) is 18.0 Å². The van der Waals surface area contributed by atoms with E-state index in [4.69, 9.17) is 4.74 Å². The highest BCUT2D eigenvalue weighted by Crippen LogP contribution is 2.33. The Labute approximate surface area is 168 Å². The van der Waals surface area contributed by atoms with Crippen LogP contribution in [-0.4, -0.2) is 28.5 Å². The van der Waals surface area contributed by atoms with Gasteiger partial charge in [-0.3, -0.25) is 14.2 Å². The van der Waals surface area contributed by atoms with Gasteiger partial charge in [0.25, 0.3) is 5.91 Å². The number of carbonyl (C=O) groups excluding carboxylic acids is 1. The molecule has 0 atom stereocenters. The summed E-state index contributed by atoms with van der Waals surface area (Å²) in [5, 5.41) is 0. The highest BCUT2D eigenvalue weighted by atomic mass is 19.4. The summed E-state index contributed by atoms with van der Waals surface area (Å²) >= 11 is 0. The van der Waals surface area contributed by atoms with Gasteiger partial charge in [-0.15, -0.1) is 0 Å². The van der Waals surface area contributed by atoms with Gasteiger partial charge >= 0.3 is 6.18 Å². The predicted molar refractivity (Wildman–Crippen MR) is 105 cm³/mol. The highest BCUT2D eigenvalue weighted by Gasteiger charge is 2.33. The average Bonchev–Trinajstić information content (AvgIpc) is 2.90. The molecule has 8 heteroatoms. The van der Waals surface area contributed by atoms with Crippen molar-refractivity contribution in [2.24, 2.45) is 12.0 Å². The van der Waals surface area contributed by atoms with Crippen LogP contribution in [-0.2, 0) is 29.9 Å². The second-order valence-corrected chi connectivity index (χ2v) is 7.87. The van der Waals surface area contributed by atoms with Crippen LogP contribution < -0.4 is 5.49 Å². The Kier molecular flexibility index (Phi) is 6.78. The third-order valence-electron chi connectivity index (χ3n) is 4.75. The molecule has 0 aliphatic rings. The van der Waals surface area contributed by atoms with Crippen LogP contribution >= 0.6 is 0 Å². The smallest absolute Gasteiger partial charge is 0.380 e. The number of ether oxygens (including phenoxy) is 1. The topological polar surface area (TPSA) is 48.5 Å². The zero-order valence-corrected chi connectivity index (χ0v) is 17.7. The molecule has 1 heterocycles. The number of amides is 1. The molecule has 1 aromatic carbocycles. The predicted octanol–water partition coefficient (Wildman–Crippen LogP) is 4.23. The van der Waals surface area contributed by atoms with Crippen LogP contribution in [0.25, 0.3) is 0 Å². The molecule has 160 valence electrons. The molecule has 0 unspecified atom stereocenters. The molecule has 0 bridgehead atoms. The molecular formula is C21H28F3N3O2. The van der Waals surface area contributed by atoms with Crippen LogP contribution in [0, 0.1) is 6.92 Å². The van der Waals surface area contributed by atoms with Crippen molar-refractivity contribution in [3.63, 3.8) is 0 Å². The first kappa shape index (κ1) is 22.9. The van der Waals surface area contributed by atoms with Crippen molar-refractivity contribution in [3.05, 3.63) is 52.1 Å². The van der Waals surface area contributed by atoms with Crippen molar-refractivity contribution in [2.45, 2.75) is 52.8 Å². The van der Waals surface area contributed by atoms with E-state index >= 15 is 0 Å². The molecule has 29 heavy (non-hydrogen) atoms. The molecule has 0 N–H and O–H groups in total. The Morgan fingerprint density at radius 1 is 1.21 bits per heavy atom. The number of halogens is 3. The summed E-state index contributed by atoms with van der Waals surface area (Å²) in [5.41, 5.74) is 0.121. The van der Waals surface area contributed by atoms with Gasteiger partial charge in [-0.05, 0) is 31.5 Å². The number of benzene rings is 1. The highest BCUT2D eigenvalue weighted by molar-refractivity contribution is 5.96. The average molecular weight is 411 g/mol. The Balaban J connectivity index is 2.57. The summed E-state index contributed by atoms with van der Waals surface area (Å²) in [7, 11) is 1.87. The van der Waals surface area contributed by atoms with Crippen LogP contribution in [0.4, 0.5) is 13.2 Å². The third kappa shape index (κ3) is 5.18. The van der Waals surface area contributed by atoms with Gasteiger partial charge in [0, 0.05) is 36.4 Å². The summed E-state index contributed by atoms with van der Waals surface area (Å²) in [4.78, 5) is 16.9. The maximum atomic E-state index is 13.2. The zero-order valence-electron chi connectivity index (χ0n) is 17.7. The molecule has 1 aromatic heterocycles. The molecule has 0 radical (unpaired) electrons. The molecule has 0 saturated carbocycles. The zero-order chi connectivity index (χ0) is 22.0. The number of nitrogens with zero attached hydrogens (tertiary/aromatic N) is 3. The number of hydrogen-bond acceptors (Lipinski definition) is 2. The molecule has 0 fully saturated rings. The standard InChI is InChI=1S/C21H28F3N3O2/c1-7-29-12-11-27-18(13-17(26(27)6)20(3,4)5)25-19(28)15-9-8-10-16(14(15)2)21(22,23)24/h8-10,13H,7,11-12H2,1-6H3. The van der Waals surface area contributed by atoms with Gasteiger partial charge in [0.2, 0.25) is 0 Å². The quantitative estimate of drug-likeness (QED) is 0.692. The second kappa shape index (κ2) is 8.57. The molecule has 0 spiro atoms. The molecule has 2 rings (SSSR count). The Morgan fingerprint density at radius 3 is 2.41 bits per heavy atom. The van der Waals surface area contributed by atoms with Crippen LogP contribution in [0.15, 0.2) is 29.3 Å². The van der Waals surface area contributed by atoms with Gasteiger partial charge in [0.15, 0.2) is 5.49 Å². The van der Waals surface area contributed by atoms with E-state index in [1.54, 1.807) is 10.7 Å². The van der Waals surface area contributed by atoms with Crippen LogP contribution in [0.2, 0.25) is 0 Å². The second-order valence-electron chi connectivity index (χ2n) is 7.87. The molecule has 1 amide bonds. The van der Waals surface area contributed by atoms with Gasteiger partial charge < -0.3 is 4.74 Å². The SMILES string of the molecule is CCOCCn1c(=NC(=O)c2cccc(C(F)(F)F)c2C)cc(C(C)(C)C)n1C. The minimum atomic E-state index is -4.52. The van der Waals surface area contributed by atoms with E-state index in [1.807, 2.05) is 39.4 Å². The molecular weight excluding hydrogens is 383 g/mol. The van der Waals surface area contributed by atoms with E-state index < -0.39 is 17.6 Å². The molecule has 0 saturated heterocycles. The molecule has 0 aliphatic carbocycles. The fraction of sp³-hybridized carbons (Fsp3) is 0.524. The normalized spacial score (nSPS) is 13.2. The number of alkyl halides is 3. The number of rotatable bonds is 5. The summed E-state index contributed by atoms with van der Waals surface area (Å²) in [6, 6.07) is 5.36. The summed E-state index contributed by atoms with van der Waals surface area (Å²) in [5.74, 6) is -0.704. The molecule has 5 nitrogen and oxygen atoms in total. The van der Waals surface area contributed by atoms with Crippen LogP contribution in [0.3, 0.4) is 0 Å². The largest absolute Gasteiger partial charge is 0.416 e. The Morgan fingerprint density at radius 2 is 1.86 bits per heavy atom. The van der Waals surface area contributed by atoms with Crippen molar-refractivity contribution >= 4 is 5.91 Å². The van der Waals surface area contributed by atoms with Gasteiger partial charge in [0.1, 0.15) is 0 Å². The number of hydrogen-bond donors (Lipinski definition) is 0. The first-order chi connectivity index (χ1) is 13.4. The van der Waals surface area contributed by atoms with Gasteiger partial charge in [-0.25, -0.2) is 0 Å². The van der Waals surface area contributed by atoms with E-state index in [0.717, 1.165) is 11.8 Å². The van der Waals surface area contributed by atoms with Crippen molar-refractivity contribution in [1.29, 1.82) is 0 Å². The first-order valence-corrected chi connectivity index (χ1v) is 9.48. The van der Waals surface area contributed by atoms with Crippen LogP contribution in [0.5, 0.6) is 0 Å². The fourth-order valence-electron chi connectivity index (χ4n) is 3.26. The van der Waals surface area contributed by atoms with Gasteiger partial charge in [-0.1, -0.05) is 26.8 Å². The lowest BCUT2D eigenvalue weighted by atomic mass is 9.92. The minimum absolute atomic E-state index is 0.0580. The lowest BCUT2D eigenvalue weighted by molar-refractivity contribution is -0.138. The maximum absolute atomic E-state index is 13.2. The lowest BCUT2D eigenvalue weighted by Gasteiger charge is -2.20. The summed E-state index contributed by atoms with van der Waals surface area (Å²) < 4.78 is 48.7. The van der Waals surface area contributed by atoms with Gasteiger partial charge in [0.05, 0.1) is 18.7 Å². The number of aromatic nitrogens is 2. The van der Waals surface area contributed by atoms with E-state index in [2.05, 4.69) is 4.99 Å². The fourth-order valence-corrected chi connectivity index (χ4v) is 3.26. The van der Waals surface area contributed by atoms with E-state index in [1.165, 1.54) is 19.1 Å². The van der Waals surface area contributed by atoms with E-state index in [0.29, 0.717) is 25.2 Å². The Hall–Kier alpha value is -2.35. The van der Waals surface area contributed by atoms with Crippen molar-refractivity contribution in [1.82, 2.24) is 9.36 Å². The number of carbonyl (C=O) groups is 1. The Bertz CT molecular complexity index is 948. The lowest BCUT2D eigenvalue weighted by Crippen LogP contribution is -2.27. The van der Waals surface area contributed by atoms with Crippen molar-refractivity contribution < 1.29 is 22.7 Å². The monoisotopic (exact) mass is 411 g/mol. The molecule has 0 aliphatic heterocycles. The maximum Gasteiger partial charge on any atom is 0.416 e. The summed E-state index contributed by atoms with van der Waals surface area (Å²) in [6.07, 6.45) is -4.52. The van der Waals surface area contributed by atoms with Gasteiger partial charge in [-0.2, -0.15) is 18.2 Å². The molecule has 2 aromatic rings. The summed E-state index contributed by atoms with van der Waals surface area (Å²) in [6.45, 7) is 10.8. The third-order valence-corrected chi connectivity index (χ3v) is 4.75. The minimum Gasteiger partial charge on any atom is -0.380 e. The van der Waals surface area contributed by atoms with E-state index in [-0.39, 0.29) is 16.5 Å².